The Balaban J connectivity index is 1.48. The fourth-order valence-electron chi connectivity index (χ4n) is 4.00. The molecule has 4 rings (SSSR count). The third kappa shape index (κ3) is 3.66. The number of hydrogen-bond donors (Lipinski definition) is 0. The van der Waals surface area contributed by atoms with Crippen LogP contribution in [0.15, 0.2) is 27.9 Å². The van der Waals surface area contributed by atoms with Crippen molar-refractivity contribution < 1.29 is 13.9 Å². The lowest BCUT2D eigenvalue weighted by molar-refractivity contribution is 0.0684. The second-order valence-electron chi connectivity index (χ2n) is 7.31. The molecule has 27 heavy (non-hydrogen) atoms. The molecule has 0 aliphatic carbocycles. The Morgan fingerprint density at radius 2 is 1.78 bits per heavy atom. The van der Waals surface area contributed by atoms with Gasteiger partial charge in [0.2, 0.25) is 0 Å². The minimum Gasteiger partial charge on any atom is -0.427 e. The quantitative estimate of drug-likeness (QED) is 0.817. The lowest BCUT2D eigenvalue weighted by Crippen LogP contribution is -2.41. The van der Waals surface area contributed by atoms with E-state index < -0.39 is 5.63 Å². The number of nitrogens with zero attached hydrogens (tertiary/aromatic N) is 4. The maximum atomic E-state index is 12.9. The van der Waals surface area contributed by atoms with Gasteiger partial charge in [0, 0.05) is 38.3 Å². The van der Waals surface area contributed by atoms with Crippen molar-refractivity contribution in [1.29, 1.82) is 0 Å². The van der Waals surface area contributed by atoms with Crippen molar-refractivity contribution in [2.75, 3.05) is 26.3 Å². The highest BCUT2D eigenvalue weighted by atomic mass is 16.5. The Bertz CT molecular complexity index is 847. The number of carbonyl (C=O) groups excluding carboxylic acids is 1. The first-order chi connectivity index (χ1) is 13.1. The molecule has 2 aliphatic rings. The third-order valence-corrected chi connectivity index (χ3v) is 5.62. The molecule has 2 fully saturated rings. The van der Waals surface area contributed by atoms with E-state index in [1.54, 1.807) is 17.6 Å². The third-order valence-electron chi connectivity index (χ3n) is 5.62. The van der Waals surface area contributed by atoms with Gasteiger partial charge in [0.05, 0.1) is 0 Å². The first-order valence-electron chi connectivity index (χ1n) is 9.49. The van der Waals surface area contributed by atoms with Crippen LogP contribution >= 0.6 is 0 Å². The van der Waals surface area contributed by atoms with Gasteiger partial charge in [0.1, 0.15) is 24.0 Å². The number of amides is 1. The number of rotatable bonds is 3. The first kappa shape index (κ1) is 17.9. The van der Waals surface area contributed by atoms with Crippen LogP contribution in [0.3, 0.4) is 0 Å². The van der Waals surface area contributed by atoms with E-state index in [4.69, 9.17) is 9.15 Å². The van der Waals surface area contributed by atoms with Crippen LogP contribution < -0.4 is 5.63 Å². The summed E-state index contributed by atoms with van der Waals surface area (Å²) in [5.74, 6) is 0.625. The van der Waals surface area contributed by atoms with E-state index in [0.717, 1.165) is 25.7 Å². The van der Waals surface area contributed by atoms with Gasteiger partial charge >= 0.3 is 5.63 Å². The van der Waals surface area contributed by atoms with Gasteiger partial charge in [-0.05, 0) is 44.2 Å². The Kier molecular flexibility index (Phi) is 5.07. The molecule has 1 amide bonds. The summed E-state index contributed by atoms with van der Waals surface area (Å²) < 4.78 is 12.9. The smallest absolute Gasteiger partial charge is 0.349 e. The van der Waals surface area contributed by atoms with Crippen LogP contribution in [-0.2, 0) is 4.74 Å². The standard InChI is InChI=1S/C19H24N4O4/c1-13-10-16(14-4-8-26-9-5-14)27-19(25)17(13)18(24)22-6-2-15(3-7-22)23-11-20-21-12-23/h10-12,14-15H,2-9H2,1H3. The van der Waals surface area contributed by atoms with Crippen molar-refractivity contribution in [1.82, 2.24) is 19.7 Å². The summed E-state index contributed by atoms with van der Waals surface area (Å²) in [6.07, 6.45) is 6.72. The van der Waals surface area contributed by atoms with Crippen LogP contribution in [-0.4, -0.2) is 51.9 Å². The molecule has 8 nitrogen and oxygen atoms in total. The van der Waals surface area contributed by atoms with Crippen molar-refractivity contribution in [2.45, 2.75) is 44.6 Å². The van der Waals surface area contributed by atoms with Crippen LogP contribution in [0.25, 0.3) is 0 Å². The lowest BCUT2D eigenvalue weighted by atomic mass is 9.95. The van der Waals surface area contributed by atoms with E-state index in [0.29, 0.717) is 37.6 Å². The summed E-state index contributed by atoms with van der Waals surface area (Å²) in [7, 11) is 0. The molecule has 144 valence electrons. The summed E-state index contributed by atoms with van der Waals surface area (Å²) in [4.78, 5) is 27.3. The Hall–Kier alpha value is -2.48. The summed E-state index contributed by atoms with van der Waals surface area (Å²) in [5, 5.41) is 7.68. The van der Waals surface area contributed by atoms with Gasteiger partial charge in [-0.3, -0.25) is 4.79 Å². The number of carbonyl (C=O) groups is 1. The summed E-state index contributed by atoms with van der Waals surface area (Å²) in [6.45, 7) is 4.37. The highest BCUT2D eigenvalue weighted by Crippen LogP contribution is 2.28. The zero-order valence-electron chi connectivity index (χ0n) is 15.5. The minimum atomic E-state index is -0.526. The van der Waals surface area contributed by atoms with E-state index >= 15 is 0 Å². The molecule has 0 radical (unpaired) electrons. The predicted molar refractivity (Wildman–Crippen MR) is 96.7 cm³/mol. The van der Waals surface area contributed by atoms with Crippen LogP contribution in [0.2, 0.25) is 0 Å². The Labute approximate surface area is 157 Å². The van der Waals surface area contributed by atoms with Gasteiger partial charge < -0.3 is 18.6 Å². The zero-order valence-corrected chi connectivity index (χ0v) is 15.5. The number of aryl methyl sites for hydroxylation is 1. The van der Waals surface area contributed by atoms with Gasteiger partial charge in [-0.1, -0.05) is 0 Å². The summed E-state index contributed by atoms with van der Waals surface area (Å²) in [6, 6.07) is 2.14. The van der Waals surface area contributed by atoms with Crippen molar-refractivity contribution in [2.24, 2.45) is 0 Å². The first-order valence-corrected chi connectivity index (χ1v) is 9.49. The normalized spacial score (nSPS) is 19.4. The Morgan fingerprint density at radius 1 is 1.11 bits per heavy atom. The minimum absolute atomic E-state index is 0.161. The van der Waals surface area contributed by atoms with Crippen molar-refractivity contribution in [3.05, 3.63) is 46.0 Å². The van der Waals surface area contributed by atoms with Gasteiger partial charge in [0.15, 0.2) is 0 Å². The van der Waals surface area contributed by atoms with Gasteiger partial charge in [-0.15, -0.1) is 10.2 Å². The van der Waals surface area contributed by atoms with Crippen LogP contribution in [0, 0.1) is 6.92 Å². The Morgan fingerprint density at radius 3 is 2.41 bits per heavy atom. The predicted octanol–water partition coefficient (Wildman–Crippen LogP) is 1.91. The second-order valence-corrected chi connectivity index (χ2v) is 7.31. The molecule has 0 bridgehead atoms. The van der Waals surface area contributed by atoms with Gasteiger partial charge in [-0.25, -0.2) is 4.79 Å². The SMILES string of the molecule is Cc1cc(C2CCOCC2)oc(=O)c1C(=O)N1CCC(n2cnnc2)CC1. The monoisotopic (exact) mass is 372 g/mol. The van der Waals surface area contributed by atoms with Crippen LogP contribution in [0.5, 0.6) is 0 Å². The van der Waals surface area contributed by atoms with E-state index in [1.807, 2.05) is 17.6 Å². The average Bonchev–Trinajstić information content (AvgIpc) is 3.23. The topological polar surface area (TPSA) is 90.5 Å². The van der Waals surface area contributed by atoms with Crippen molar-refractivity contribution >= 4 is 5.91 Å². The van der Waals surface area contributed by atoms with Crippen molar-refractivity contribution in [3.8, 4) is 0 Å². The average molecular weight is 372 g/mol. The molecule has 0 aromatic carbocycles. The largest absolute Gasteiger partial charge is 0.427 e. The number of piperidine rings is 1. The van der Waals surface area contributed by atoms with Crippen LogP contribution in [0.1, 0.15) is 59.3 Å². The fraction of sp³-hybridized carbons (Fsp3) is 0.579. The number of hydrogen-bond acceptors (Lipinski definition) is 6. The van der Waals surface area contributed by atoms with Gasteiger partial charge in [-0.2, -0.15) is 0 Å². The fourth-order valence-corrected chi connectivity index (χ4v) is 4.00. The molecular formula is C19H24N4O4. The molecule has 2 saturated heterocycles. The van der Waals surface area contributed by atoms with E-state index in [1.165, 1.54) is 0 Å². The molecule has 0 unspecified atom stereocenters. The van der Waals surface area contributed by atoms with Crippen LogP contribution in [0.4, 0.5) is 0 Å². The second kappa shape index (κ2) is 7.64. The van der Waals surface area contributed by atoms with E-state index in [9.17, 15) is 9.59 Å². The number of ether oxygens (including phenoxy) is 1. The maximum Gasteiger partial charge on any atom is 0.349 e. The molecule has 2 aromatic rings. The summed E-state index contributed by atoms with van der Waals surface area (Å²) in [5.41, 5.74) is 0.328. The highest BCUT2D eigenvalue weighted by Gasteiger charge is 2.29. The van der Waals surface area contributed by atoms with E-state index in [-0.39, 0.29) is 23.4 Å². The number of likely N-dealkylation sites (tertiary alicyclic amines) is 1. The molecule has 4 heterocycles. The molecule has 0 saturated carbocycles. The summed E-state index contributed by atoms with van der Waals surface area (Å²) >= 11 is 0. The van der Waals surface area contributed by atoms with Crippen molar-refractivity contribution in [3.63, 3.8) is 0 Å². The lowest BCUT2D eigenvalue weighted by Gasteiger charge is -2.32. The van der Waals surface area contributed by atoms with Gasteiger partial charge in [0.25, 0.3) is 5.91 Å². The molecule has 0 spiro atoms. The molecular weight excluding hydrogens is 348 g/mol. The number of aromatic nitrogens is 3. The maximum absolute atomic E-state index is 12.9. The molecule has 0 atom stereocenters. The highest BCUT2D eigenvalue weighted by molar-refractivity contribution is 5.95. The van der Waals surface area contributed by atoms with E-state index in [2.05, 4.69) is 10.2 Å². The molecule has 8 heteroatoms. The zero-order chi connectivity index (χ0) is 18.8. The molecule has 2 aliphatic heterocycles. The molecule has 2 aromatic heterocycles. The molecule has 0 N–H and O–H groups in total.